The van der Waals surface area contributed by atoms with Crippen LogP contribution in [0.1, 0.15) is 31.4 Å². The van der Waals surface area contributed by atoms with E-state index in [4.69, 9.17) is 5.73 Å². The van der Waals surface area contributed by atoms with Gasteiger partial charge >= 0.3 is 0 Å². The molecule has 0 bridgehead atoms. The third kappa shape index (κ3) is 4.54. The van der Waals surface area contributed by atoms with E-state index in [1.807, 2.05) is 0 Å². The van der Waals surface area contributed by atoms with Gasteiger partial charge in [0.25, 0.3) is 0 Å². The normalized spacial score (nSPS) is 16.9. The molecule has 1 aliphatic rings. The third-order valence-electron chi connectivity index (χ3n) is 5.60. The van der Waals surface area contributed by atoms with Crippen molar-refractivity contribution in [3.05, 3.63) is 47.8 Å². The molecule has 1 atom stereocenters. The Morgan fingerprint density at radius 1 is 1.19 bits per heavy atom. The second-order valence-electron chi connectivity index (χ2n) is 8.01. The zero-order valence-corrected chi connectivity index (χ0v) is 18.5. The third-order valence-corrected chi connectivity index (χ3v) is 6.90. The topological polar surface area (TPSA) is 114 Å². The van der Waals surface area contributed by atoms with Crippen molar-refractivity contribution < 1.29 is 17.2 Å². The standard InChI is InChI=1S/C21H24F2N6O2S/c1-12(24)15-3-6-25-20-16(15)9-13(10-17(20)22)19-18(23)11-26-21(28-19)27-14-4-7-29(8-5-14)32(2,30)31/h3,6,9-12,14H,4-5,7-8,24H2,1-2H3,(H,26,27,28). The largest absolute Gasteiger partial charge is 0.351 e. The van der Waals surface area contributed by atoms with E-state index in [2.05, 4.69) is 20.3 Å². The molecule has 3 heterocycles. The van der Waals surface area contributed by atoms with E-state index < -0.39 is 21.7 Å². The number of fused-ring (bicyclic) bond motifs is 1. The minimum Gasteiger partial charge on any atom is -0.351 e. The van der Waals surface area contributed by atoms with Crippen molar-refractivity contribution in [1.29, 1.82) is 0 Å². The molecule has 1 fully saturated rings. The molecule has 0 saturated carbocycles. The Balaban J connectivity index is 1.64. The number of piperidine rings is 1. The van der Waals surface area contributed by atoms with Crippen molar-refractivity contribution in [2.45, 2.75) is 31.8 Å². The van der Waals surface area contributed by atoms with Crippen LogP contribution in [0.3, 0.4) is 0 Å². The fourth-order valence-corrected chi connectivity index (χ4v) is 4.79. The Hall–Kier alpha value is -2.76. The molecule has 3 N–H and O–H groups in total. The van der Waals surface area contributed by atoms with Crippen molar-refractivity contribution >= 4 is 26.9 Å². The van der Waals surface area contributed by atoms with Crippen LogP contribution in [-0.4, -0.2) is 53.1 Å². The van der Waals surface area contributed by atoms with Gasteiger partial charge in [-0.05, 0) is 43.5 Å². The number of rotatable bonds is 5. The number of aromatic nitrogens is 3. The lowest BCUT2D eigenvalue weighted by molar-refractivity contribution is 0.331. The molecule has 2 aromatic heterocycles. The number of nitrogens with two attached hydrogens (primary N) is 1. The summed E-state index contributed by atoms with van der Waals surface area (Å²) in [5.41, 5.74) is 7.07. The Morgan fingerprint density at radius 3 is 2.56 bits per heavy atom. The van der Waals surface area contributed by atoms with Crippen molar-refractivity contribution in [2.24, 2.45) is 5.73 Å². The van der Waals surface area contributed by atoms with Crippen molar-refractivity contribution in [1.82, 2.24) is 19.3 Å². The molecule has 1 saturated heterocycles. The highest BCUT2D eigenvalue weighted by atomic mass is 32.2. The molecule has 1 aromatic carbocycles. The molecule has 11 heteroatoms. The van der Waals surface area contributed by atoms with E-state index in [1.54, 1.807) is 19.1 Å². The van der Waals surface area contributed by atoms with E-state index >= 15 is 0 Å². The molecule has 32 heavy (non-hydrogen) atoms. The molecule has 4 rings (SSSR count). The van der Waals surface area contributed by atoms with Gasteiger partial charge in [0.05, 0.1) is 12.5 Å². The number of pyridine rings is 1. The maximum absolute atomic E-state index is 14.8. The predicted octanol–water partition coefficient (Wildman–Crippen LogP) is 2.83. The summed E-state index contributed by atoms with van der Waals surface area (Å²) in [6, 6.07) is 4.11. The van der Waals surface area contributed by atoms with Crippen LogP contribution in [-0.2, 0) is 10.0 Å². The van der Waals surface area contributed by atoms with Crippen LogP contribution in [0.15, 0.2) is 30.6 Å². The average Bonchev–Trinajstić information content (AvgIpc) is 2.74. The monoisotopic (exact) mass is 462 g/mol. The van der Waals surface area contributed by atoms with Crippen LogP contribution in [0.2, 0.25) is 0 Å². The Bertz CT molecular complexity index is 1260. The minimum absolute atomic E-state index is 0.0450. The highest BCUT2D eigenvalue weighted by Gasteiger charge is 2.25. The van der Waals surface area contributed by atoms with Crippen molar-refractivity contribution in [2.75, 3.05) is 24.7 Å². The van der Waals surface area contributed by atoms with Gasteiger partial charge in [0.1, 0.15) is 17.0 Å². The van der Waals surface area contributed by atoms with Gasteiger partial charge in [-0.3, -0.25) is 4.98 Å². The summed E-state index contributed by atoms with van der Waals surface area (Å²) >= 11 is 0. The van der Waals surface area contributed by atoms with Crippen LogP contribution in [0, 0.1) is 11.6 Å². The molecule has 0 spiro atoms. The van der Waals surface area contributed by atoms with Gasteiger partial charge in [0.15, 0.2) is 5.82 Å². The summed E-state index contributed by atoms with van der Waals surface area (Å²) in [6.07, 6.45) is 4.85. The smallest absolute Gasteiger partial charge is 0.223 e. The molecule has 170 valence electrons. The van der Waals surface area contributed by atoms with Crippen molar-refractivity contribution in [3.8, 4) is 11.3 Å². The summed E-state index contributed by atoms with van der Waals surface area (Å²) in [4.78, 5) is 12.4. The molecular weight excluding hydrogens is 438 g/mol. The molecule has 1 aliphatic heterocycles. The second kappa shape index (κ2) is 8.64. The Morgan fingerprint density at radius 2 is 1.91 bits per heavy atom. The zero-order chi connectivity index (χ0) is 23.0. The molecule has 0 aliphatic carbocycles. The van der Waals surface area contributed by atoms with Crippen LogP contribution >= 0.6 is 0 Å². The fraction of sp³-hybridized carbons (Fsp3) is 0.381. The van der Waals surface area contributed by atoms with Gasteiger partial charge in [-0.15, -0.1) is 0 Å². The summed E-state index contributed by atoms with van der Waals surface area (Å²) in [5, 5.41) is 3.63. The van der Waals surface area contributed by atoms with Crippen LogP contribution in [0.5, 0.6) is 0 Å². The number of hydrogen-bond acceptors (Lipinski definition) is 7. The zero-order valence-electron chi connectivity index (χ0n) is 17.7. The fourth-order valence-electron chi connectivity index (χ4n) is 3.92. The second-order valence-corrected chi connectivity index (χ2v) is 10.00. The molecule has 3 aromatic rings. The summed E-state index contributed by atoms with van der Waals surface area (Å²) in [5.74, 6) is -1.09. The number of nitrogens with zero attached hydrogens (tertiary/aromatic N) is 4. The SMILES string of the molecule is CC(N)c1ccnc2c(F)cc(-c3nc(NC4CCN(S(C)(=O)=O)CC4)ncc3F)cc12. The summed E-state index contributed by atoms with van der Waals surface area (Å²) in [7, 11) is -3.23. The van der Waals surface area contributed by atoms with Gasteiger partial charge in [-0.1, -0.05) is 0 Å². The average molecular weight is 463 g/mol. The lowest BCUT2D eigenvalue weighted by atomic mass is 10.00. The van der Waals surface area contributed by atoms with Crippen LogP contribution < -0.4 is 11.1 Å². The molecule has 0 amide bonds. The van der Waals surface area contributed by atoms with E-state index in [1.165, 1.54) is 22.8 Å². The number of halogens is 2. The summed E-state index contributed by atoms with van der Waals surface area (Å²) < 4.78 is 54.2. The van der Waals surface area contributed by atoms with Gasteiger partial charge in [0.2, 0.25) is 16.0 Å². The van der Waals surface area contributed by atoms with Gasteiger partial charge in [-0.2, -0.15) is 0 Å². The number of nitrogens with one attached hydrogen (secondary N) is 1. The molecule has 1 unspecified atom stereocenters. The van der Waals surface area contributed by atoms with E-state index in [0.29, 0.717) is 36.9 Å². The maximum Gasteiger partial charge on any atom is 0.223 e. The van der Waals surface area contributed by atoms with Gasteiger partial charge in [0, 0.05) is 42.3 Å². The number of hydrogen-bond donors (Lipinski definition) is 2. The maximum atomic E-state index is 14.8. The lowest BCUT2D eigenvalue weighted by Crippen LogP contribution is -2.42. The first-order valence-electron chi connectivity index (χ1n) is 10.2. The highest BCUT2D eigenvalue weighted by Crippen LogP contribution is 2.30. The van der Waals surface area contributed by atoms with E-state index in [-0.39, 0.29) is 34.8 Å². The molecular formula is C21H24F2N6O2S. The highest BCUT2D eigenvalue weighted by molar-refractivity contribution is 7.88. The molecule has 0 radical (unpaired) electrons. The minimum atomic E-state index is -3.23. The quantitative estimate of drug-likeness (QED) is 0.599. The van der Waals surface area contributed by atoms with Crippen molar-refractivity contribution in [3.63, 3.8) is 0 Å². The molecule has 8 nitrogen and oxygen atoms in total. The van der Waals surface area contributed by atoms with E-state index in [9.17, 15) is 17.2 Å². The first kappa shape index (κ1) is 22.4. The Kier molecular flexibility index (Phi) is 6.06. The first-order valence-corrected chi connectivity index (χ1v) is 12.1. The van der Waals surface area contributed by atoms with Gasteiger partial charge in [-0.25, -0.2) is 31.5 Å². The Labute approximate surface area is 184 Å². The first-order chi connectivity index (χ1) is 15.1. The predicted molar refractivity (Wildman–Crippen MR) is 118 cm³/mol. The lowest BCUT2D eigenvalue weighted by Gasteiger charge is -2.30. The van der Waals surface area contributed by atoms with E-state index in [0.717, 1.165) is 6.20 Å². The number of anilines is 1. The van der Waals surface area contributed by atoms with Gasteiger partial charge < -0.3 is 11.1 Å². The summed E-state index contributed by atoms with van der Waals surface area (Å²) in [6.45, 7) is 2.54. The van der Waals surface area contributed by atoms with Crippen LogP contribution in [0.25, 0.3) is 22.2 Å². The number of sulfonamides is 1. The number of benzene rings is 1. The van der Waals surface area contributed by atoms with Crippen LogP contribution in [0.4, 0.5) is 14.7 Å².